The molecule has 194 valence electrons. The zero-order valence-corrected chi connectivity index (χ0v) is 20.7. The second-order valence-corrected chi connectivity index (χ2v) is 9.98. The lowest BCUT2D eigenvalue weighted by Crippen LogP contribution is -2.08. The van der Waals surface area contributed by atoms with Crippen LogP contribution in [-0.2, 0) is 17.6 Å². The molecule has 0 radical (unpaired) electrons. The van der Waals surface area contributed by atoms with Gasteiger partial charge in [-0.3, -0.25) is 4.79 Å². The standard InChI is InChI=1S/C29H21F4NO3S/c30-24-14-18-7-9-20(34-25(18)15-23(24)29(31,32)33)8-5-17-6-10-26-22(13-17)28(38-12-11-27(35)36)21-4-2-1-3-19(21)16-37-26/h1-10,13-15,28H,11-12,16H2,(H,35,36)/b8-5+. The Labute approximate surface area is 220 Å². The molecule has 0 aliphatic carbocycles. The van der Waals surface area contributed by atoms with E-state index < -0.39 is 23.5 Å². The number of aromatic nitrogens is 1. The Morgan fingerprint density at radius 3 is 2.66 bits per heavy atom. The number of hydrogen-bond donors (Lipinski definition) is 1. The van der Waals surface area contributed by atoms with Gasteiger partial charge in [0.05, 0.1) is 28.4 Å². The molecule has 9 heteroatoms. The lowest BCUT2D eigenvalue weighted by molar-refractivity contribution is -0.140. The van der Waals surface area contributed by atoms with Gasteiger partial charge in [-0.05, 0) is 53.1 Å². The highest BCUT2D eigenvalue weighted by atomic mass is 32.2. The molecule has 4 nitrogen and oxygen atoms in total. The number of carboxylic acids is 1. The van der Waals surface area contributed by atoms with E-state index in [1.54, 1.807) is 18.2 Å². The first-order valence-corrected chi connectivity index (χ1v) is 12.8. The predicted octanol–water partition coefficient (Wildman–Crippen LogP) is 7.75. The number of nitrogens with zero attached hydrogens (tertiary/aromatic N) is 1. The number of carbonyl (C=O) groups is 1. The van der Waals surface area contributed by atoms with Crippen molar-refractivity contribution >= 4 is 40.8 Å². The maximum atomic E-state index is 13.9. The van der Waals surface area contributed by atoms with Crippen LogP contribution < -0.4 is 4.74 Å². The van der Waals surface area contributed by atoms with Gasteiger partial charge in [-0.15, -0.1) is 11.8 Å². The molecule has 5 rings (SSSR count). The van der Waals surface area contributed by atoms with Crippen LogP contribution in [0.25, 0.3) is 23.1 Å². The van der Waals surface area contributed by atoms with Gasteiger partial charge >= 0.3 is 12.1 Å². The number of thioether (sulfide) groups is 1. The number of benzene rings is 3. The minimum Gasteiger partial charge on any atom is -0.489 e. The Bertz CT molecular complexity index is 1550. The van der Waals surface area contributed by atoms with Crippen molar-refractivity contribution < 1.29 is 32.2 Å². The molecule has 1 aliphatic rings. The van der Waals surface area contributed by atoms with Crippen LogP contribution in [0.3, 0.4) is 0 Å². The number of hydrogen-bond acceptors (Lipinski definition) is 4. The van der Waals surface area contributed by atoms with Crippen LogP contribution in [0.5, 0.6) is 5.75 Å². The zero-order valence-electron chi connectivity index (χ0n) is 19.8. The van der Waals surface area contributed by atoms with E-state index in [0.717, 1.165) is 34.4 Å². The highest BCUT2D eigenvalue weighted by Crippen LogP contribution is 2.45. The van der Waals surface area contributed by atoms with Crippen LogP contribution >= 0.6 is 11.8 Å². The van der Waals surface area contributed by atoms with E-state index >= 15 is 0 Å². The van der Waals surface area contributed by atoms with Crippen LogP contribution in [0.1, 0.15) is 45.2 Å². The zero-order chi connectivity index (χ0) is 26.9. The molecule has 3 aromatic carbocycles. The molecule has 0 amide bonds. The summed E-state index contributed by atoms with van der Waals surface area (Å²) in [5, 5.41) is 9.26. The van der Waals surface area contributed by atoms with Crippen molar-refractivity contribution in [1.82, 2.24) is 4.98 Å². The summed E-state index contributed by atoms with van der Waals surface area (Å²) < 4.78 is 59.3. The molecule has 38 heavy (non-hydrogen) atoms. The lowest BCUT2D eigenvalue weighted by Gasteiger charge is -2.19. The summed E-state index contributed by atoms with van der Waals surface area (Å²) >= 11 is 1.53. The minimum absolute atomic E-state index is 0.0344. The summed E-state index contributed by atoms with van der Waals surface area (Å²) in [5.41, 5.74) is 2.92. The van der Waals surface area contributed by atoms with E-state index in [1.165, 1.54) is 17.8 Å². The third kappa shape index (κ3) is 5.52. The van der Waals surface area contributed by atoms with Crippen LogP contribution in [0.15, 0.2) is 66.7 Å². The third-order valence-electron chi connectivity index (χ3n) is 6.19. The van der Waals surface area contributed by atoms with Gasteiger partial charge in [0.2, 0.25) is 0 Å². The molecule has 0 saturated carbocycles. The van der Waals surface area contributed by atoms with Gasteiger partial charge in [0, 0.05) is 16.7 Å². The molecule has 1 atom stereocenters. The van der Waals surface area contributed by atoms with E-state index in [1.807, 2.05) is 42.5 Å². The fraction of sp³-hybridized carbons (Fsp3) is 0.172. The molecule has 2 heterocycles. The number of alkyl halides is 3. The molecular weight excluding hydrogens is 518 g/mol. The molecule has 1 aliphatic heterocycles. The normalized spacial score (nSPS) is 15.1. The fourth-order valence-corrected chi connectivity index (χ4v) is 5.65. The summed E-state index contributed by atoms with van der Waals surface area (Å²) in [6.07, 6.45) is -1.31. The summed E-state index contributed by atoms with van der Waals surface area (Å²) in [4.78, 5) is 15.4. The lowest BCUT2D eigenvalue weighted by atomic mass is 9.98. The quantitative estimate of drug-likeness (QED) is 0.254. The topological polar surface area (TPSA) is 59.4 Å². The number of halogens is 4. The Morgan fingerprint density at radius 2 is 1.87 bits per heavy atom. The predicted molar refractivity (Wildman–Crippen MR) is 139 cm³/mol. The first-order valence-electron chi connectivity index (χ1n) is 11.7. The summed E-state index contributed by atoms with van der Waals surface area (Å²) in [5.74, 6) is -1.06. The number of ether oxygens (including phenoxy) is 1. The molecule has 0 saturated heterocycles. The minimum atomic E-state index is -4.81. The van der Waals surface area contributed by atoms with Gasteiger partial charge < -0.3 is 9.84 Å². The number of aliphatic carboxylic acids is 1. The molecule has 1 unspecified atom stereocenters. The number of fused-ring (bicyclic) bond motifs is 3. The SMILES string of the molecule is O=C(O)CCSC1c2ccccc2COc2ccc(/C=C/c3ccc4cc(F)c(C(F)(F)F)cc4n3)cc21. The van der Waals surface area contributed by atoms with Crippen molar-refractivity contribution in [3.8, 4) is 5.75 Å². The van der Waals surface area contributed by atoms with Crippen molar-refractivity contribution in [2.24, 2.45) is 0 Å². The molecule has 4 aromatic rings. The summed E-state index contributed by atoms with van der Waals surface area (Å²) in [6, 6.07) is 18.3. The van der Waals surface area contributed by atoms with Gasteiger partial charge in [0.25, 0.3) is 0 Å². The summed E-state index contributed by atoms with van der Waals surface area (Å²) in [6.45, 7) is 0.399. The van der Waals surface area contributed by atoms with Gasteiger partial charge in [-0.25, -0.2) is 9.37 Å². The molecule has 0 bridgehead atoms. The van der Waals surface area contributed by atoms with Crippen LogP contribution in [0.2, 0.25) is 0 Å². The molecule has 1 aromatic heterocycles. The average molecular weight is 540 g/mol. The van der Waals surface area contributed by atoms with Crippen molar-refractivity contribution in [3.63, 3.8) is 0 Å². The largest absolute Gasteiger partial charge is 0.489 e. The van der Waals surface area contributed by atoms with Gasteiger partial charge in [0.15, 0.2) is 0 Å². The average Bonchev–Trinajstić information content (AvgIpc) is 3.03. The van der Waals surface area contributed by atoms with Crippen molar-refractivity contribution in [2.45, 2.75) is 24.5 Å². The smallest absolute Gasteiger partial charge is 0.419 e. The fourth-order valence-electron chi connectivity index (χ4n) is 4.35. The first-order chi connectivity index (χ1) is 18.2. The van der Waals surface area contributed by atoms with Gasteiger partial charge in [-0.1, -0.05) is 42.5 Å². The van der Waals surface area contributed by atoms with Gasteiger partial charge in [-0.2, -0.15) is 13.2 Å². The monoisotopic (exact) mass is 539 g/mol. The van der Waals surface area contributed by atoms with Crippen LogP contribution in [-0.4, -0.2) is 21.8 Å². The van der Waals surface area contributed by atoms with E-state index in [2.05, 4.69) is 4.98 Å². The maximum absolute atomic E-state index is 13.9. The second-order valence-electron chi connectivity index (χ2n) is 8.77. The van der Waals surface area contributed by atoms with Crippen molar-refractivity contribution in [3.05, 3.63) is 106 Å². The van der Waals surface area contributed by atoms with Crippen molar-refractivity contribution in [2.75, 3.05) is 5.75 Å². The van der Waals surface area contributed by atoms with Gasteiger partial charge in [0.1, 0.15) is 18.2 Å². The molecule has 0 spiro atoms. The van der Waals surface area contributed by atoms with E-state index in [9.17, 15) is 22.4 Å². The molecule has 1 N–H and O–H groups in total. The first kappa shape index (κ1) is 25.8. The summed E-state index contributed by atoms with van der Waals surface area (Å²) in [7, 11) is 0. The third-order valence-corrected chi connectivity index (χ3v) is 7.47. The van der Waals surface area contributed by atoms with Crippen molar-refractivity contribution in [1.29, 1.82) is 0 Å². The van der Waals surface area contributed by atoms with E-state index in [0.29, 0.717) is 23.8 Å². The molecule has 0 fully saturated rings. The van der Waals surface area contributed by atoms with Crippen LogP contribution in [0.4, 0.5) is 17.6 Å². The van der Waals surface area contributed by atoms with E-state index in [4.69, 9.17) is 9.84 Å². The Balaban J connectivity index is 1.47. The number of pyridine rings is 1. The second kappa shape index (κ2) is 10.5. The molecular formula is C29H21F4NO3S. The van der Waals surface area contributed by atoms with Crippen LogP contribution in [0, 0.1) is 5.82 Å². The Hall–Kier alpha value is -3.85. The Kier molecular flexibility index (Phi) is 7.12. The highest BCUT2D eigenvalue weighted by molar-refractivity contribution is 7.99. The maximum Gasteiger partial charge on any atom is 0.419 e. The number of rotatable bonds is 6. The highest BCUT2D eigenvalue weighted by Gasteiger charge is 2.34. The van der Waals surface area contributed by atoms with E-state index in [-0.39, 0.29) is 22.6 Å². The Morgan fingerprint density at radius 1 is 1.05 bits per heavy atom. The number of carboxylic acid groups (broad SMARTS) is 1.